The molecule has 3 aromatic rings. The van der Waals surface area contributed by atoms with Gasteiger partial charge in [0.1, 0.15) is 18.0 Å². The highest BCUT2D eigenvalue weighted by atomic mass is 35.5. The molecule has 25 heavy (non-hydrogen) atoms. The molecule has 2 N–H and O–H groups in total. The molecule has 0 unspecified atom stereocenters. The van der Waals surface area contributed by atoms with Crippen LogP contribution in [0.2, 0.25) is 5.02 Å². The quantitative estimate of drug-likeness (QED) is 0.779. The van der Waals surface area contributed by atoms with Gasteiger partial charge in [0.15, 0.2) is 5.65 Å². The number of nitrogens with two attached hydrogens (primary N) is 1. The van der Waals surface area contributed by atoms with Crippen molar-refractivity contribution < 1.29 is 0 Å². The monoisotopic (exact) mass is 354 g/mol. The number of nitrogen functional groups attached to an aromatic ring is 1. The maximum absolute atomic E-state index is 6.08. The molecule has 0 radical (unpaired) electrons. The maximum atomic E-state index is 6.08. The predicted molar refractivity (Wildman–Crippen MR) is 101 cm³/mol. The van der Waals surface area contributed by atoms with E-state index in [-0.39, 0.29) is 0 Å². The van der Waals surface area contributed by atoms with Crippen molar-refractivity contribution in [3.8, 4) is 0 Å². The lowest BCUT2D eigenvalue weighted by Crippen LogP contribution is -2.46. The van der Waals surface area contributed by atoms with Crippen molar-refractivity contribution in [2.45, 2.75) is 6.54 Å². The van der Waals surface area contributed by atoms with E-state index in [1.807, 2.05) is 24.3 Å². The molecular formula is C18H19ClN6. The normalized spacial score (nSPS) is 15.6. The minimum atomic E-state index is 0.475. The van der Waals surface area contributed by atoms with Crippen LogP contribution in [0.5, 0.6) is 0 Å². The van der Waals surface area contributed by atoms with E-state index >= 15 is 0 Å². The number of hydrogen-bond acceptors (Lipinski definition) is 6. The van der Waals surface area contributed by atoms with E-state index in [2.05, 4.69) is 30.8 Å². The van der Waals surface area contributed by atoms with Crippen LogP contribution in [-0.2, 0) is 6.54 Å². The van der Waals surface area contributed by atoms with E-state index in [4.69, 9.17) is 17.3 Å². The highest BCUT2D eigenvalue weighted by Gasteiger charge is 2.20. The van der Waals surface area contributed by atoms with Gasteiger partial charge < -0.3 is 10.6 Å². The predicted octanol–water partition coefficient (Wildman–Crippen LogP) is 2.58. The van der Waals surface area contributed by atoms with Gasteiger partial charge in [-0.1, -0.05) is 23.7 Å². The number of hydrogen-bond donors (Lipinski definition) is 1. The number of piperazine rings is 1. The highest BCUT2D eigenvalue weighted by Crippen LogP contribution is 2.24. The van der Waals surface area contributed by atoms with Gasteiger partial charge in [0.25, 0.3) is 0 Å². The first-order valence-electron chi connectivity index (χ1n) is 8.28. The van der Waals surface area contributed by atoms with Crippen molar-refractivity contribution >= 4 is 34.3 Å². The molecule has 7 heteroatoms. The molecule has 1 aromatic carbocycles. The van der Waals surface area contributed by atoms with E-state index in [1.165, 1.54) is 5.56 Å². The van der Waals surface area contributed by atoms with Gasteiger partial charge in [-0.2, -0.15) is 0 Å². The van der Waals surface area contributed by atoms with E-state index in [0.29, 0.717) is 11.5 Å². The van der Waals surface area contributed by atoms with Crippen molar-refractivity contribution in [2.75, 3.05) is 36.8 Å². The molecule has 6 nitrogen and oxygen atoms in total. The summed E-state index contributed by atoms with van der Waals surface area (Å²) in [6.45, 7) is 4.69. The fraction of sp³-hybridized carbons (Fsp3) is 0.278. The Morgan fingerprint density at radius 2 is 1.88 bits per heavy atom. The zero-order valence-electron chi connectivity index (χ0n) is 13.8. The second-order valence-electron chi connectivity index (χ2n) is 6.20. The summed E-state index contributed by atoms with van der Waals surface area (Å²) in [6.07, 6.45) is 1.56. The van der Waals surface area contributed by atoms with Crippen molar-refractivity contribution in [1.82, 2.24) is 19.9 Å². The molecule has 0 bridgehead atoms. The summed E-state index contributed by atoms with van der Waals surface area (Å²) >= 11 is 6.08. The Morgan fingerprint density at radius 1 is 1.04 bits per heavy atom. The lowest BCUT2D eigenvalue weighted by atomic mass is 10.2. The van der Waals surface area contributed by atoms with Gasteiger partial charge in [0.05, 0.1) is 5.39 Å². The number of halogens is 1. The molecule has 0 aliphatic carbocycles. The van der Waals surface area contributed by atoms with Crippen LogP contribution in [0.1, 0.15) is 5.56 Å². The lowest BCUT2D eigenvalue weighted by Gasteiger charge is -2.35. The molecule has 4 rings (SSSR count). The Morgan fingerprint density at radius 3 is 2.68 bits per heavy atom. The van der Waals surface area contributed by atoms with Gasteiger partial charge in [-0.3, -0.25) is 4.90 Å². The Hall–Kier alpha value is -2.44. The number of benzene rings is 1. The summed E-state index contributed by atoms with van der Waals surface area (Å²) < 4.78 is 0. The van der Waals surface area contributed by atoms with Gasteiger partial charge >= 0.3 is 0 Å². The summed E-state index contributed by atoms with van der Waals surface area (Å²) in [6, 6.07) is 11.8. The smallest absolute Gasteiger partial charge is 0.166 e. The van der Waals surface area contributed by atoms with Crippen LogP contribution in [0.25, 0.3) is 11.0 Å². The third kappa shape index (κ3) is 3.50. The number of aromatic nitrogens is 3. The SMILES string of the molecule is Nc1ccc2c(N3CCN(Cc4cccc(Cl)c4)CC3)ncnc2n1. The van der Waals surface area contributed by atoms with Gasteiger partial charge in [-0.05, 0) is 29.8 Å². The molecule has 3 heterocycles. The summed E-state index contributed by atoms with van der Waals surface area (Å²) in [5.41, 5.74) is 7.64. The molecule has 1 aliphatic heterocycles. The number of nitrogens with zero attached hydrogens (tertiary/aromatic N) is 5. The Labute approximate surface area is 151 Å². The van der Waals surface area contributed by atoms with Gasteiger partial charge in [0.2, 0.25) is 0 Å². The fourth-order valence-electron chi connectivity index (χ4n) is 3.21. The molecular weight excluding hydrogens is 336 g/mol. The van der Waals surface area contributed by atoms with Crippen LogP contribution in [0.15, 0.2) is 42.7 Å². The van der Waals surface area contributed by atoms with Crippen LogP contribution < -0.4 is 10.6 Å². The third-order valence-electron chi connectivity index (χ3n) is 4.46. The molecule has 0 spiro atoms. The number of rotatable bonds is 3. The van der Waals surface area contributed by atoms with E-state index in [1.54, 1.807) is 12.4 Å². The molecule has 0 saturated carbocycles. The zero-order valence-corrected chi connectivity index (χ0v) is 14.5. The Balaban J connectivity index is 1.47. The minimum absolute atomic E-state index is 0.475. The zero-order chi connectivity index (χ0) is 17.2. The fourth-order valence-corrected chi connectivity index (χ4v) is 3.42. The minimum Gasteiger partial charge on any atom is -0.384 e. The van der Waals surface area contributed by atoms with Crippen LogP contribution in [0.4, 0.5) is 11.6 Å². The Bertz CT molecular complexity index is 892. The summed E-state index contributed by atoms with van der Waals surface area (Å²) in [7, 11) is 0. The van der Waals surface area contributed by atoms with E-state index < -0.39 is 0 Å². The topological polar surface area (TPSA) is 71.2 Å². The average molecular weight is 355 g/mol. The number of pyridine rings is 1. The first kappa shape index (κ1) is 16.1. The summed E-state index contributed by atoms with van der Waals surface area (Å²) in [5.74, 6) is 1.41. The second kappa shape index (κ2) is 6.82. The second-order valence-corrected chi connectivity index (χ2v) is 6.63. The molecule has 0 atom stereocenters. The standard InChI is InChI=1S/C18H19ClN6/c19-14-3-1-2-13(10-14)11-24-6-8-25(9-7-24)18-15-4-5-16(20)23-17(15)21-12-22-18/h1-5,10,12H,6-9,11H2,(H2,20,21,22,23). The molecule has 1 aliphatic rings. The largest absolute Gasteiger partial charge is 0.384 e. The van der Waals surface area contributed by atoms with Crippen LogP contribution in [-0.4, -0.2) is 46.0 Å². The molecule has 128 valence electrons. The molecule has 1 fully saturated rings. The van der Waals surface area contributed by atoms with Crippen LogP contribution in [0, 0.1) is 0 Å². The van der Waals surface area contributed by atoms with Gasteiger partial charge in [-0.15, -0.1) is 0 Å². The molecule has 0 amide bonds. The van der Waals surface area contributed by atoms with Crippen LogP contribution >= 0.6 is 11.6 Å². The average Bonchev–Trinajstić information content (AvgIpc) is 2.62. The van der Waals surface area contributed by atoms with E-state index in [9.17, 15) is 0 Å². The van der Waals surface area contributed by atoms with Crippen molar-refractivity contribution in [3.63, 3.8) is 0 Å². The van der Waals surface area contributed by atoms with Crippen molar-refractivity contribution in [1.29, 1.82) is 0 Å². The summed E-state index contributed by atoms with van der Waals surface area (Å²) in [4.78, 5) is 17.7. The molecule has 1 saturated heterocycles. The van der Waals surface area contributed by atoms with E-state index in [0.717, 1.165) is 49.0 Å². The first-order chi connectivity index (χ1) is 12.2. The van der Waals surface area contributed by atoms with Crippen molar-refractivity contribution in [2.24, 2.45) is 0 Å². The lowest BCUT2D eigenvalue weighted by molar-refractivity contribution is 0.249. The summed E-state index contributed by atoms with van der Waals surface area (Å²) in [5, 5.41) is 1.73. The first-order valence-corrected chi connectivity index (χ1v) is 8.66. The molecule has 2 aromatic heterocycles. The van der Waals surface area contributed by atoms with Crippen molar-refractivity contribution in [3.05, 3.63) is 53.3 Å². The van der Waals surface area contributed by atoms with Crippen LogP contribution in [0.3, 0.4) is 0 Å². The Kier molecular flexibility index (Phi) is 4.38. The number of anilines is 2. The number of fused-ring (bicyclic) bond motifs is 1. The maximum Gasteiger partial charge on any atom is 0.166 e. The van der Waals surface area contributed by atoms with Gasteiger partial charge in [0, 0.05) is 37.7 Å². The van der Waals surface area contributed by atoms with Gasteiger partial charge in [-0.25, -0.2) is 15.0 Å². The third-order valence-corrected chi connectivity index (χ3v) is 4.70. The highest BCUT2D eigenvalue weighted by molar-refractivity contribution is 6.30.